The normalized spacial score (nSPS) is 26.2. The molecule has 2 heterocycles. The topological polar surface area (TPSA) is 35.3 Å². The lowest BCUT2D eigenvalue weighted by Gasteiger charge is -2.31. The molecule has 1 unspecified atom stereocenters. The Morgan fingerprint density at radius 3 is 2.84 bits per heavy atom. The Balaban J connectivity index is 1.82. The van der Waals surface area contributed by atoms with Crippen molar-refractivity contribution in [1.29, 1.82) is 0 Å². The molecule has 3 nitrogen and oxygen atoms in total. The maximum atomic E-state index is 13.0. The third-order valence-electron chi connectivity index (χ3n) is 5.47. The fourth-order valence-electron chi connectivity index (χ4n) is 3.98. The molecule has 4 rings (SSSR count). The summed E-state index contributed by atoms with van der Waals surface area (Å²) in [5, 5.41) is 13.0. The summed E-state index contributed by atoms with van der Waals surface area (Å²) in [6.07, 6.45) is 13.2. The van der Waals surface area contributed by atoms with Gasteiger partial charge in [0.2, 0.25) is 11.4 Å². The lowest BCUT2D eigenvalue weighted by molar-refractivity contribution is -0.358. The summed E-state index contributed by atoms with van der Waals surface area (Å²) in [6, 6.07) is 4.07. The first-order valence-electron chi connectivity index (χ1n) is 9.07. The molecule has 0 amide bonds. The van der Waals surface area contributed by atoms with Crippen LogP contribution >= 0.6 is 0 Å². The molecule has 0 saturated carbocycles. The highest BCUT2D eigenvalue weighted by Crippen LogP contribution is 2.48. The third-order valence-corrected chi connectivity index (χ3v) is 5.47. The van der Waals surface area contributed by atoms with E-state index in [-0.39, 0.29) is 11.0 Å². The number of fused-ring (bicyclic) bond motifs is 5. The number of allylic oxidation sites excluding steroid dienone is 3. The van der Waals surface area contributed by atoms with Gasteiger partial charge in [-0.1, -0.05) is 32.1 Å². The van der Waals surface area contributed by atoms with Crippen molar-refractivity contribution in [2.24, 2.45) is 5.41 Å². The predicted molar refractivity (Wildman–Crippen MR) is 103 cm³/mol. The second-order valence-electron chi connectivity index (χ2n) is 8.18. The highest BCUT2D eigenvalue weighted by molar-refractivity contribution is 6.26. The van der Waals surface area contributed by atoms with Gasteiger partial charge in [-0.25, -0.2) is 0 Å². The molecule has 0 radical (unpaired) electrons. The van der Waals surface area contributed by atoms with Gasteiger partial charge in [-0.15, -0.1) is 0 Å². The van der Waals surface area contributed by atoms with E-state index < -0.39 is 0 Å². The Labute approximate surface area is 149 Å². The minimum atomic E-state index is -0.360. The van der Waals surface area contributed by atoms with E-state index in [0.29, 0.717) is 0 Å². The van der Waals surface area contributed by atoms with Gasteiger partial charge in [0.05, 0.1) is 16.7 Å². The highest BCUT2D eigenvalue weighted by Gasteiger charge is 2.40. The average Bonchev–Trinajstić information content (AvgIpc) is 2.84. The molecule has 0 aromatic heterocycles. The first-order chi connectivity index (χ1) is 11.8. The Bertz CT molecular complexity index is 870. The van der Waals surface area contributed by atoms with E-state index in [1.807, 2.05) is 19.1 Å². The predicted octanol–water partition coefficient (Wildman–Crippen LogP) is 5.62. The third kappa shape index (κ3) is 2.53. The van der Waals surface area contributed by atoms with Crippen molar-refractivity contribution >= 4 is 23.0 Å². The van der Waals surface area contributed by atoms with Crippen LogP contribution in [0.5, 0.6) is 5.75 Å². The zero-order valence-electron chi connectivity index (χ0n) is 15.4. The van der Waals surface area contributed by atoms with Gasteiger partial charge >= 0.3 is 0 Å². The molecule has 0 saturated heterocycles. The Morgan fingerprint density at radius 1 is 1.28 bits per heavy atom. The molecule has 0 spiro atoms. The van der Waals surface area contributed by atoms with Crippen LogP contribution in [0.1, 0.15) is 58.1 Å². The average molecular weight is 335 g/mol. The molecule has 1 aromatic rings. The SMILES string of the molecule is CC=CCC1(C)C=Cc2c(ccc3c2[N+]([O-])=C2CCC(C)(C)C=C23)O1. The first kappa shape index (κ1) is 16.2. The molecule has 1 atom stereocenters. The minimum Gasteiger partial charge on any atom is -0.618 e. The number of hydrogen-bond donors (Lipinski definition) is 0. The van der Waals surface area contributed by atoms with Crippen LogP contribution in [0, 0.1) is 10.6 Å². The Hall–Kier alpha value is -2.29. The summed E-state index contributed by atoms with van der Waals surface area (Å²) >= 11 is 0. The number of rotatable bonds is 2. The van der Waals surface area contributed by atoms with Crippen LogP contribution in [-0.2, 0) is 0 Å². The summed E-state index contributed by atoms with van der Waals surface area (Å²) in [5.74, 6) is 0.799. The van der Waals surface area contributed by atoms with Crippen LogP contribution in [0.3, 0.4) is 0 Å². The van der Waals surface area contributed by atoms with Crippen molar-refractivity contribution in [1.82, 2.24) is 0 Å². The maximum absolute atomic E-state index is 13.0. The zero-order valence-corrected chi connectivity index (χ0v) is 15.4. The molecule has 1 aliphatic carbocycles. The van der Waals surface area contributed by atoms with E-state index in [0.717, 1.165) is 57.8 Å². The van der Waals surface area contributed by atoms with Gasteiger partial charge in [-0.05, 0) is 50.0 Å². The molecule has 130 valence electrons. The minimum absolute atomic E-state index is 0.134. The molecule has 3 heteroatoms. The molecular weight excluding hydrogens is 310 g/mol. The Kier molecular flexibility index (Phi) is 3.47. The van der Waals surface area contributed by atoms with Gasteiger partial charge < -0.3 is 9.94 Å². The van der Waals surface area contributed by atoms with E-state index in [2.05, 4.69) is 51.1 Å². The lowest BCUT2D eigenvalue weighted by atomic mass is 9.77. The first-order valence-corrected chi connectivity index (χ1v) is 9.07. The van der Waals surface area contributed by atoms with Crippen molar-refractivity contribution in [2.45, 2.75) is 52.6 Å². The largest absolute Gasteiger partial charge is 0.618 e. The van der Waals surface area contributed by atoms with Crippen molar-refractivity contribution in [2.75, 3.05) is 0 Å². The van der Waals surface area contributed by atoms with E-state index >= 15 is 0 Å². The van der Waals surface area contributed by atoms with Crippen LogP contribution in [0.4, 0.5) is 5.69 Å². The molecule has 3 aliphatic rings. The molecular formula is C22H25NO2. The number of hydrogen-bond acceptors (Lipinski definition) is 2. The van der Waals surface area contributed by atoms with Crippen LogP contribution in [-0.4, -0.2) is 16.1 Å². The molecule has 0 bridgehead atoms. The summed E-state index contributed by atoms with van der Waals surface area (Å²) < 4.78 is 7.39. The fourth-order valence-corrected chi connectivity index (χ4v) is 3.98. The molecule has 2 aliphatic heterocycles. The smallest absolute Gasteiger partial charge is 0.235 e. The zero-order chi connectivity index (χ0) is 17.8. The maximum Gasteiger partial charge on any atom is 0.235 e. The molecule has 0 fully saturated rings. The van der Waals surface area contributed by atoms with Crippen molar-refractivity contribution < 1.29 is 9.48 Å². The van der Waals surface area contributed by atoms with Gasteiger partial charge in [0.1, 0.15) is 11.4 Å². The summed E-state index contributed by atoms with van der Waals surface area (Å²) in [7, 11) is 0. The summed E-state index contributed by atoms with van der Waals surface area (Å²) in [4.78, 5) is 0. The van der Waals surface area contributed by atoms with Gasteiger partial charge in [0, 0.05) is 12.8 Å². The van der Waals surface area contributed by atoms with E-state index in [4.69, 9.17) is 4.74 Å². The van der Waals surface area contributed by atoms with Crippen LogP contribution in [0.2, 0.25) is 0 Å². The number of nitrogens with zero attached hydrogens (tertiary/aromatic N) is 1. The summed E-state index contributed by atoms with van der Waals surface area (Å²) in [6.45, 7) is 8.56. The number of ether oxygens (including phenoxy) is 1. The Morgan fingerprint density at radius 2 is 2.08 bits per heavy atom. The van der Waals surface area contributed by atoms with Gasteiger partial charge in [0.15, 0.2) is 0 Å². The molecule has 1 aromatic carbocycles. The van der Waals surface area contributed by atoms with Crippen LogP contribution in [0.25, 0.3) is 11.6 Å². The second kappa shape index (κ2) is 5.35. The highest BCUT2D eigenvalue weighted by atomic mass is 16.5. The quantitative estimate of drug-likeness (QED) is 0.399. The van der Waals surface area contributed by atoms with E-state index in [1.165, 1.54) is 0 Å². The second-order valence-corrected chi connectivity index (χ2v) is 8.18. The van der Waals surface area contributed by atoms with Crippen molar-refractivity contribution in [3.05, 3.63) is 52.8 Å². The fraction of sp³-hybridized carbons (Fsp3) is 0.409. The van der Waals surface area contributed by atoms with E-state index in [9.17, 15) is 5.21 Å². The van der Waals surface area contributed by atoms with Crippen molar-refractivity contribution in [3.63, 3.8) is 0 Å². The van der Waals surface area contributed by atoms with Crippen molar-refractivity contribution in [3.8, 4) is 5.75 Å². The van der Waals surface area contributed by atoms with Crippen LogP contribution < -0.4 is 4.74 Å². The molecule has 0 N–H and O–H groups in total. The van der Waals surface area contributed by atoms with Gasteiger partial charge in [-0.2, -0.15) is 4.74 Å². The molecule has 25 heavy (non-hydrogen) atoms. The van der Waals surface area contributed by atoms with Gasteiger partial charge in [0.25, 0.3) is 0 Å². The van der Waals surface area contributed by atoms with E-state index in [1.54, 1.807) is 0 Å². The standard InChI is InChI=1S/C22H25NO2/c1-5-6-11-22(4)13-9-16-19(25-22)8-7-15-17-14-21(2,3)12-10-18(17)23(24)20(15)16/h5-9,13-14H,10-12H2,1-4H3. The number of benzene rings is 1. The van der Waals surface area contributed by atoms with Gasteiger partial charge in [-0.3, -0.25) is 0 Å². The lowest BCUT2D eigenvalue weighted by Crippen LogP contribution is -2.31. The summed E-state index contributed by atoms with van der Waals surface area (Å²) in [5.41, 5.74) is 4.49. The monoisotopic (exact) mass is 335 g/mol. The van der Waals surface area contributed by atoms with Crippen LogP contribution in [0.15, 0.2) is 36.4 Å².